The Morgan fingerprint density at radius 3 is 2.68 bits per heavy atom. The Labute approximate surface area is 174 Å². The minimum atomic E-state index is -0.727. The fourth-order valence-electron chi connectivity index (χ4n) is 4.26. The van der Waals surface area contributed by atoms with Gasteiger partial charge in [-0.15, -0.1) is 11.3 Å². The van der Waals surface area contributed by atoms with Crippen LogP contribution in [-0.4, -0.2) is 16.1 Å². The summed E-state index contributed by atoms with van der Waals surface area (Å²) < 4.78 is 0. The maximum absolute atomic E-state index is 10.9. The largest absolute Gasteiger partial charge is 0.481 e. The van der Waals surface area contributed by atoms with Crippen molar-refractivity contribution in [1.29, 1.82) is 0 Å². The number of carbonyl (C=O) groups is 1. The topological polar surface area (TPSA) is 50.2 Å². The summed E-state index contributed by atoms with van der Waals surface area (Å²) in [6.45, 7) is 2.09. The Morgan fingerprint density at radius 1 is 1.18 bits per heavy atom. The van der Waals surface area contributed by atoms with Crippen molar-refractivity contribution in [1.82, 2.24) is 4.98 Å². The number of pyridine rings is 1. The zero-order valence-corrected chi connectivity index (χ0v) is 17.6. The van der Waals surface area contributed by atoms with E-state index in [-0.39, 0.29) is 6.42 Å². The molecule has 0 fully saturated rings. The number of benzene rings is 1. The SMILES string of the molecule is Cc1nc2sc3c(c2c(-c2ccc(Cl)cc2)c1CCCCC(=O)O)CCCC3. The molecule has 1 aliphatic rings. The number of halogens is 1. The molecule has 0 amide bonds. The van der Waals surface area contributed by atoms with E-state index in [2.05, 4.69) is 19.1 Å². The third-order valence-electron chi connectivity index (χ3n) is 5.61. The molecule has 1 aromatic carbocycles. The molecule has 1 aliphatic carbocycles. The van der Waals surface area contributed by atoms with E-state index in [1.807, 2.05) is 23.5 Å². The highest BCUT2D eigenvalue weighted by Gasteiger charge is 2.23. The summed E-state index contributed by atoms with van der Waals surface area (Å²) in [4.78, 5) is 18.5. The summed E-state index contributed by atoms with van der Waals surface area (Å²) in [7, 11) is 0. The summed E-state index contributed by atoms with van der Waals surface area (Å²) in [6.07, 6.45) is 7.39. The molecule has 0 aliphatic heterocycles. The number of aryl methyl sites for hydroxylation is 3. The maximum Gasteiger partial charge on any atom is 0.303 e. The van der Waals surface area contributed by atoms with E-state index >= 15 is 0 Å². The van der Waals surface area contributed by atoms with Crippen molar-refractivity contribution in [3.63, 3.8) is 0 Å². The average Bonchev–Trinajstić information content (AvgIpc) is 3.03. The molecule has 0 radical (unpaired) electrons. The smallest absolute Gasteiger partial charge is 0.303 e. The lowest BCUT2D eigenvalue weighted by Gasteiger charge is -2.17. The lowest BCUT2D eigenvalue weighted by molar-refractivity contribution is -0.137. The average molecular weight is 414 g/mol. The fraction of sp³-hybridized carbons (Fsp3) is 0.391. The van der Waals surface area contributed by atoms with E-state index in [0.717, 1.165) is 41.2 Å². The third kappa shape index (κ3) is 3.81. The number of nitrogens with zero attached hydrogens (tertiary/aromatic N) is 1. The van der Waals surface area contributed by atoms with Crippen molar-refractivity contribution in [2.45, 2.75) is 58.3 Å². The first-order chi connectivity index (χ1) is 13.5. The highest BCUT2D eigenvalue weighted by molar-refractivity contribution is 7.19. The molecule has 0 unspecified atom stereocenters. The second kappa shape index (κ2) is 8.22. The molecular formula is C23H24ClNO2S. The number of carboxylic acids is 1. The zero-order valence-electron chi connectivity index (χ0n) is 16.1. The molecule has 28 heavy (non-hydrogen) atoms. The monoisotopic (exact) mass is 413 g/mol. The van der Waals surface area contributed by atoms with Crippen molar-refractivity contribution < 1.29 is 9.90 Å². The van der Waals surface area contributed by atoms with Gasteiger partial charge in [0, 0.05) is 27.4 Å². The van der Waals surface area contributed by atoms with Gasteiger partial charge in [0.15, 0.2) is 0 Å². The van der Waals surface area contributed by atoms with Crippen LogP contribution in [0.25, 0.3) is 21.3 Å². The van der Waals surface area contributed by atoms with Crippen LogP contribution < -0.4 is 0 Å². The minimum Gasteiger partial charge on any atom is -0.481 e. The van der Waals surface area contributed by atoms with Crippen molar-refractivity contribution in [2.75, 3.05) is 0 Å². The predicted octanol–water partition coefficient (Wildman–Crippen LogP) is 6.60. The van der Waals surface area contributed by atoms with Crippen LogP contribution >= 0.6 is 22.9 Å². The summed E-state index contributed by atoms with van der Waals surface area (Å²) in [6, 6.07) is 8.10. The molecule has 3 aromatic rings. The van der Waals surface area contributed by atoms with E-state index in [4.69, 9.17) is 21.7 Å². The number of carboxylic acid groups (broad SMARTS) is 1. The van der Waals surface area contributed by atoms with E-state index in [9.17, 15) is 4.79 Å². The molecule has 3 nitrogen and oxygen atoms in total. The summed E-state index contributed by atoms with van der Waals surface area (Å²) in [5, 5.41) is 11.0. The molecular weight excluding hydrogens is 390 g/mol. The second-order valence-electron chi connectivity index (χ2n) is 7.55. The molecule has 0 saturated heterocycles. The number of hydrogen-bond acceptors (Lipinski definition) is 3. The van der Waals surface area contributed by atoms with Crippen LogP contribution in [0, 0.1) is 6.92 Å². The molecule has 1 N–H and O–H groups in total. The Kier molecular flexibility index (Phi) is 5.70. The van der Waals surface area contributed by atoms with Crippen molar-refractivity contribution in [3.05, 3.63) is 51.0 Å². The Balaban J connectivity index is 1.86. The van der Waals surface area contributed by atoms with Crippen LogP contribution in [0.5, 0.6) is 0 Å². The molecule has 5 heteroatoms. The van der Waals surface area contributed by atoms with E-state index < -0.39 is 5.97 Å². The molecule has 0 atom stereocenters. The Morgan fingerprint density at radius 2 is 1.93 bits per heavy atom. The molecule has 0 bridgehead atoms. The number of unbranched alkanes of at least 4 members (excludes halogenated alkanes) is 1. The number of thiophene rings is 1. The van der Waals surface area contributed by atoms with Crippen molar-refractivity contribution in [2.24, 2.45) is 0 Å². The number of hydrogen-bond donors (Lipinski definition) is 1. The van der Waals surface area contributed by atoms with Crippen LogP contribution in [0.2, 0.25) is 5.02 Å². The summed E-state index contributed by atoms with van der Waals surface area (Å²) >= 11 is 8.00. The minimum absolute atomic E-state index is 0.221. The van der Waals surface area contributed by atoms with E-state index in [1.165, 1.54) is 45.4 Å². The highest BCUT2D eigenvalue weighted by Crippen LogP contribution is 2.43. The van der Waals surface area contributed by atoms with E-state index in [1.54, 1.807) is 0 Å². The summed E-state index contributed by atoms with van der Waals surface area (Å²) in [5.74, 6) is -0.727. The molecule has 0 spiro atoms. The first-order valence-corrected chi connectivity index (χ1v) is 11.2. The Bertz CT molecular complexity index is 1020. The van der Waals surface area contributed by atoms with Gasteiger partial charge in [-0.25, -0.2) is 4.98 Å². The molecule has 2 heterocycles. The van der Waals surface area contributed by atoms with Crippen LogP contribution in [0.3, 0.4) is 0 Å². The van der Waals surface area contributed by atoms with Crippen molar-refractivity contribution >= 4 is 39.1 Å². The second-order valence-corrected chi connectivity index (χ2v) is 9.07. The number of aromatic nitrogens is 1. The van der Waals surface area contributed by atoms with Crippen LogP contribution in [-0.2, 0) is 24.1 Å². The van der Waals surface area contributed by atoms with Crippen LogP contribution in [0.4, 0.5) is 0 Å². The highest BCUT2D eigenvalue weighted by atomic mass is 35.5. The number of fused-ring (bicyclic) bond motifs is 3. The van der Waals surface area contributed by atoms with Gasteiger partial charge in [0.05, 0.1) is 0 Å². The number of aliphatic carboxylic acids is 1. The number of rotatable bonds is 6. The van der Waals surface area contributed by atoms with Gasteiger partial charge in [0.2, 0.25) is 0 Å². The lowest BCUT2D eigenvalue weighted by Crippen LogP contribution is -2.02. The maximum atomic E-state index is 10.9. The van der Waals surface area contributed by atoms with Crippen LogP contribution in [0.15, 0.2) is 24.3 Å². The van der Waals surface area contributed by atoms with Gasteiger partial charge in [-0.05, 0) is 86.3 Å². The first kappa shape index (κ1) is 19.4. The molecule has 146 valence electrons. The van der Waals surface area contributed by atoms with Crippen LogP contribution in [0.1, 0.15) is 53.8 Å². The lowest BCUT2D eigenvalue weighted by atomic mass is 9.88. The first-order valence-electron chi connectivity index (χ1n) is 9.96. The van der Waals surface area contributed by atoms with Gasteiger partial charge in [-0.3, -0.25) is 4.79 Å². The van der Waals surface area contributed by atoms with Gasteiger partial charge < -0.3 is 5.11 Å². The zero-order chi connectivity index (χ0) is 19.7. The fourth-order valence-corrected chi connectivity index (χ4v) is 5.70. The normalized spacial score (nSPS) is 13.6. The quantitative estimate of drug-likeness (QED) is 0.463. The standard InChI is InChI=1S/C23H24ClNO2S/c1-14-17(6-3-5-9-20(26)27)21(15-10-12-16(24)13-11-15)22-18-7-2-4-8-19(18)28-23(22)25-14/h10-13H,2-9H2,1H3,(H,26,27). The van der Waals surface area contributed by atoms with Gasteiger partial charge >= 0.3 is 5.97 Å². The molecule has 4 rings (SSSR count). The van der Waals surface area contributed by atoms with Gasteiger partial charge in [-0.1, -0.05) is 23.7 Å². The molecule has 0 saturated carbocycles. The summed E-state index contributed by atoms with van der Waals surface area (Å²) in [5.41, 5.74) is 6.27. The molecule has 2 aromatic heterocycles. The van der Waals surface area contributed by atoms with E-state index in [0.29, 0.717) is 6.42 Å². The van der Waals surface area contributed by atoms with Crippen molar-refractivity contribution in [3.8, 4) is 11.1 Å². The van der Waals surface area contributed by atoms with Gasteiger partial charge in [0.1, 0.15) is 4.83 Å². The Hall–Kier alpha value is -1.91. The third-order valence-corrected chi connectivity index (χ3v) is 7.05. The van der Waals surface area contributed by atoms with Gasteiger partial charge in [0.25, 0.3) is 0 Å². The van der Waals surface area contributed by atoms with Gasteiger partial charge in [-0.2, -0.15) is 0 Å². The predicted molar refractivity (Wildman–Crippen MR) is 117 cm³/mol.